The molecule has 0 unspecified atom stereocenters. The molecule has 2 aromatic rings. The van der Waals surface area contributed by atoms with Crippen molar-refractivity contribution in [2.45, 2.75) is 13.5 Å². The average molecular weight is 245 g/mol. The molecule has 0 aliphatic carbocycles. The molecule has 0 radical (unpaired) electrons. The van der Waals surface area contributed by atoms with Crippen LogP contribution in [0.15, 0.2) is 24.8 Å². The van der Waals surface area contributed by atoms with E-state index in [2.05, 4.69) is 25.6 Å². The van der Waals surface area contributed by atoms with Crippen LogP contribution < -0.4 is 10.6 Å². The predicted molar refractivity (Wildman–Crippen MR) is 68.3 cm³/mol. The first-order valence-corrected chi connectivity index (χ1v) is 5.60. The molecule has 1 amide bonds. The third-order valence-electron chi connectivity index (χ3n) is 2.55. The normalized spacial score (nSPS) is 10.1. The quantitative estimate of drug-likeness (QED) is 0.753. The molecule has 2 aromatic heterocycles. The summed E-state index contributed by atoms with van der Waals surface area (Å²) in [5, 5.41) is 5.79. The summed E-state index contributed by atoms with van der Waals surface area (Å²) in [5.74, 6) is -0.165. The van der Waals surface area contributed by atoms with Crippen molar-refractivity contribution >= 4 is 11.6 Å². The molecular formula is C12H15N5O. The first kappa shape index (κ1) is 12.1. The summed E-state index contributed by atoms with van der Waals surface area (Å²) in [6, 6.07) is 1.84. The van der Waals surface area contributed by atoms with E-state index >= 15 is 0 Å². The zero-order valence-corrected chi connectivity index (χ0v) is 10.3. The van der Waals surface area contributed by atoms with Crippen LogP contribution >= 0.6 is 0 Å². The lowest BCUT2D eigenvalue weighted by atomic mass is 10.2. The monoisotopic (exact) mass is 245 g/mol. The highest BCUT2D eigenvalue weighted by molar-refractivity contribution is 5.99. The zero-order valence-electron chi connectivity index (χ0n) is 10.3. The van der Waals surface area contributed by atoms with E-state index in [9.17, 15) is 4.79 Å². The molecule has 18 heavy (non-hydrogen) atoms. The number of anilines is 1. The Morgan fingerprint density at radius 2 is 2.28 bits per heavy atom. The fourth-order valence-corrected chi connectivity index (χ4v) is 1.60. The maximum Gasteiger partial charge on any atom is 0.255 e. The molecule has 3 N–H and O–H groups in total. The molecule has 0 bridgehead atoms. The first-order valence-electron chi connectivity index (χ1n) is 5.60. The highest BCUT2D eigenvalue weighted by Gasteiger charge is 2.11. The maximum atomic E-state index is 12.0. The van der Waals surface area contributed by atoms with Crippen molar-refractivity contribution in [3.63, 3.8) is 0 Å². The van der Waals surface area contributed by atoms with E-state index in [1.807, 2.05) is 13.0 Å². The summed E-state index contributed by atoms with van der Waals surface area (Å²) < 4.78 is 0. The summed E-state index contributed by atoms with van der Waals surface area (Å²) in [6.45, 7) is 2.29. The van der Waals surface area contributed by atoms with Gasteiger partial charge in [0.15, 0.2) is 0 Å². The fraction of sp³-hybridized carbons (Fsp3) is 0.250. The molecule has 0 aromatic carbocycles. The molecule has 0 saturated carbocycles. The third kappa shape index (κ3) is 2.65. The van der Waals surface area contributed by atoms with Crippen molar-refractivity contribution in [3.8, 4) is 0 Å². The molecule has 0 saturated heterocycles. The van der Waals surface area contributed by atoms with Crippen LogP contribution in [0.2, 0.25) is 0 Å². The van der Waals surface area contributed by atoms with Gasteiger partial charge in [-0.3, -0.25) is 9.78 Å². The van der Waals surface area contributed by atoms with E-state index in [1.165, 1.54) is 0 Å². The highest BCUT2D eigenvalue weighted by atomic mass is 16.1. The summed E-state index contributed by atoms with van der Waals surface area (Å²) in [5.41, 5.74) is 3.02. The number of aryl methyl sites for hydroxylation is 1. The van der Waals surface area contributed by atoms with Crippen molar-refractivity contribution in [1.29, 1.82) is 0 Å². The van der Waals surface area contributed by atoms with Gasteiger partial charge in [-0.05, 0) is 13.0 Å². The molecule has 0 spiro atoms. The number of pyridine rings is 1. The number of nitrogens with one attached hydrogen (secondary N) is 3. The van der Waals surface area contributed by atoms with Crippen LogP contribution in [-0.2, 0) is 6.54 Å². The minimum Gasteiger partial charge on any atom is -0.387 e. The van der Waals surface area contributed by atoms with E-state index in [0.717, 1.165) is 17.1 Å². The van der Waals surface area contributed by atoms with Crippen molar-refractivity contribution in [1.82, 2.24) is 20.3 Å². The van der Waals surface area contributed by atoms with Crippen molar-refractivity contribution < 1.29 is 4.79 Å². The number of aromatic amines is 1. The Morgan fingerprint density at radius 1 is 1.44 bits per heavy atom. The van der Waals surface area contributed by atoms with Crippen LogP contribution in [0.1, 0.15) is 21.7 Å². The lowest BCUT2D eigenvalue weighted by Crippen LogP contribution is -2.24. The van der Waals surface area contributed by atoms with Gasteiger partial charge in [-0.25, -0.2) is 4.98 Å². The van der Waals surface area contributed by atoms with Gasteiger partial charge in [0.05, 0.1) is 29.8 Å². The number of imidazole rings is 1. The topological polar surface area (TPSA) is 82.7 Å². The number of aromatic nitrogens is 3. The Morgan fingerprint density at radius 3 is 2.94 bits per heavy atom. The fourth-order valence-electron chi connectivity index (χ4n) is 1.60. The molecular weight excluding hydrogens is 230 g/mol. The third-order valence-corrected chi connectivity index (χ3v) is 2.55. The molecule has 2 heterocycles. The lowest BCUT2D eigenvalue weighted by molar-refractivity contribution is 0.0951. The van der Waals surface area contributed by atoms with E-state index in [-0.39, 0.29) is 5.91 Å². The van der Waals surface area contributed by atoms with Crippen molar-refractivity contribution in [2.75, 3.05) is 12.4 Å². The number of hydrogen-bond donors (Lipinski definition) is 3. The van der Waals surface area contributed by atoms with E-state index < -0.39 is 0 Å². The minimum absolute atomic E-state index is 0.165. The van der Waals surface area contributed by atoms with Gasteiger partial charge in [0.25, 0.3) is 5.91 Å². The summed E-state index contributed by atoms with van der Waals surface area (Å²) in [6.07, 6.45) is 4.82. The number of nitrogens with zero attached hydrogens (tertiary/aromatic N) is 2. The second-order valence-electron chi connectivity index (χ2n) is 3.88. The van der Waals surface area contributed by atoms with Crippen molar-refractivity contribution in [3.05, 3.63) is 41.7 Å². The maximum absolute atomic E-state index is 12.0. The van der Waals surface area contributed by atoms with Crippen LogP contribution in [0.25, 0.3) is 0 Å². The average Bonchev–Trinajstić information content (AvgIpc) is 2.88. The largest absolute Gasteiger partial charge is 0.387 e. The number of amides is 1. The van der Waals surface area contributed by atoms with Crippen LogP contribution in [0.3, 0.4) is 0 Å². The van der Waals surface area contributed by atoms with Gasteiger partial charge < -0.3 is 15.6 Å². The van der Waals surface area contributed by atoms with Crippen LogP contribution in [0.4, 0.5) is 5.69 Å². The number of carbonyl (C=O) groups is 1. The molecule has 0 aliphatic heterocycles. The van der Waals surface area contributed by atoms with E-state index in [4.69, 9.17) is 0 Å². The van der Waals surface area contributed by atoms with Crippen LogP contribution in [0.5, 0.6) is 0 Å². The van der Waals surface area contributed by atoms with Crippen LogP contribution in [-0.4, -0.2) is 27.9 Å². The van der Waals surface area contributed by atoms with Gasteiger partial charge in [-0.1, -0.05) is 0 Å². The second kappa shape index (κ2) is 5.31. The summed E-state index contributed by atoms with van der Waals surface area (Å²) in [7, 11) is 1.78. The van der Waals surface area contributed by atoms with Gasteiger partial charge in [0.2, 0.25) is 0 Å². The second-order valence-corrected chi connectivity index (χ2v) is 3.88. The Kier molecular flexibility index (Phi) is 3.57. The number of carbonyl (C=O) groups excluding carboxylic acids is 1. The molecule has 0 atom stereocenters. The molecule has 0 aliphatic rings. The predicted octanol–water partition coefficient (Wildman–Crippen LogP) is 1.08. The van der Waals surface area contributed by atoms with Gasteiger partial charge in [-0.2, -0.15) is 0 Å². The van der Waals surface area contributed by atoms with Crippen LogP contribution in [0, 0.1) is 6.92 Å². The lowest BCUT2D eigenvalue weighted by Gasteiger charge is -2.09. The molecule has 6 nitrogen and oxygen atoms in total. The molecule has 0 fully saturated rings. The minimum atomic E-state index is -0.165. The van der Waals surface area contributed by atoms with Gasteiger partial charge in [-0.15, -0.1) is 0 Å². The number of rotatable bonds is 4. The highest BCUT2D eigenvalue weighted by Crippen LogP contribution is 2.14. The standard InChI is InChI=1S/C12H15N5O/c1-8-3-11(13-2)10(6-15-8)12(18)16-5-9-4-14-7-17-9/h3-4,6-7H,5H2,1-2H3,(H,13,15)(H,14,17)(H,16,18). The summed E-state index contributed by atoms with van der Waals surface area (Å²) in [4.78, 5) is 22.9. The van der Waals surface area contributed by atoms with Gasteiger partial charge in [0, 0.05) is 25.1 Å². The van der Waals surface area contributed by atoms with E-state index in [1.54, 1.807) is 25.8 Å². The Balaban J connectivity index is 2.09. The molecule has 2 rings (SSSR count). The number of hydrogen-bond acceptors (Lipinski definition) is 4. The SMILES string of the molecule is CNc1cc(C)ncc1C(=O)NCc1cnc[nH]1. The smallest absolute Gasteiger partial charge is 0.255 e. The number of H-pyrrole nitrogens is 1. The Labute approximate surface area is 105 Å². The Bertz CT molecular complexity index is 535. The first-order chi connectivity index (χ1) is 8.70. The summed E-state index contributed by atoms with van der Waals surface area (Å²) >= 11 is 0. The Hall–Kier alpha value is -2.37. The zero-order chi connectivity index (χ0) is 13.0. The van der Waals surface area contributed by atoms with Gasteiger partial charge >= 0.3 is 0 Å². The molecule has 94 valence electrons. The van der Waals surface area contributed by atoms with Crippen molar-refractivity contribution in [2.24, 2.45) is 0 Å². The van der Waals surface area contributed by atoms with E-state index in [0.29, 0.717) is 12.1 Å². The van der Waals surface area contributed by atoms with Gasteiger partial charge in [0.1, 0.15) is 0 Å². The molecule has 6 heteroatoms.